The molecule has 2 aromatic rings. The number of anilines is 1. The fourth-order valence-corrected chi connectivity index (χ4v) is 2.15. The van der Waals surface area contributed by atoms with Crippen LogP contribution >= 0.6 is 15.9 Å². The minimum absolute atomic E-state index is 0.720. The predicted octanol–water partition coefficient (Wildman–Crippen LogP) is 4.18. The first-order chi connectivity index (χ1) is 7.31. The van der Waals surface area contributed by atoms with Gasteiger partial charge >= 0.3 is 0 Å². The van der Waals surface area contributed by atoms with Gasteiger partial charge in [-0.05, 0) is 47.9 Å². The lowest BCUT2D eigenvalue weighted by molar-refractivity contribution is 1.16. The van der Waals surface area contributed by atoms with Crippen LogP contribution in [0.25, 0.3) is 10.8 Å². The van der Waals surface area contributed by atoms with Crippen molar-refractivity contribution in [1.82, 2.24) is 0 Å². The highest BCUT2D eigenvalue weighted by molar-refractivity contribution is 9.10. The lowest BCUT2D eigenvalue weighted by atomic mass is 10.1. The van der Waals surface area contributed by atoms with Crippen molar-refractivity contribution in [1.29, 1.82) is 0 Å². The van der Waals surface area contributed by atoms with E-state index in [0.29, 0.717) is 0 Å². The highest BCUT2D eigenvalue weighted by atomic mass is 79.9. The molecule has 0 unspecified atom stereocenters. The van der Waals surface area contributed by atoms with Gasteiger partial charge in [0.1, 0.15) is 0 Å². The summed E-state index contributed by atoms with van der Waals surface area (Å²) in [5, 5.41) is 6.09. The van der Waals surface area contributed by atoms with Gasteiger partial charge in [0, 0.05) is 16.2 Å². The Balaban J connectivity index is 2.01. The molecule has 1 N–H and O–H groups in total. The molecule has 76 valence electrons. The highest BCUT2D eigenvalue weighted by Crippen LogP contribution is 2.27. The summed E-state index contributed by atoms with van der Waals surface area (Å²) in [6.07, 6.45) is 2.64. The van der Waals surface area contributed by atoms with E-state index in [0.717, 1.165) is 10.5 Å². The quantitative estimate of drug-likeness (QED) is 0.856. The molecule has 0 atom stereocenters. The molecule has 0 bridgehead atoms. The smallest absolute Gasteiger partial charge is 0.0348 e. The standard InChI is InChI=1S/C13H12BrN/c14-11-3-1-10-8-13(15-12-5-6-12)4-2-9(10)7-11/h1-4,7-8,12,15H,5-6H2. The third-order valence-corrected chi connectivity index (χ3v) is 3.24. The number of hydrogen-bond donors (Lipinski definition) is 1. The van der Waals surface area contributed by atoms with Crippen LogP contribution in [-0.4, -0.2) is 6.04 Å². The summed E-state index contributed by atoms with van der Waals surface area (Å²) in [4.78, 5) is 0. The minimum atomic E-state index is 0.720. The van der Waals surface area contributed by atoms with E-state index in [1.807, 2.05) is 0 Å². The zero-order chi connectivity index (χ0) is 10.3. The van der Waals surface area contributed by atoms with Gasteiger partial charge in [0.05, 0.1) is 0 Å². The minimum Gasteiger partial charge on any atom is -0.382 e. The Morgan fingerprint density at radius 2 is 1.73 bits per heavy atom. The van der Waals surface area contributed by atoms with Crippen LogP contribution in [0.1, 0.15) is 12.8 Å². The normalized spacial score (nSPS) is 15.5. The van der Waals surface area contributed by atoms with Gasteiger partial charge in [-0.1, -0.05) is 28.1 Å². The lowest BCUT2D eigenvalue weighted by Gasteiger charge is -2.06. The SMILES string of the molecule is Brc1ccc2cc(NC3CC3)ccc2c1. The van der Waals surface area contributed by atoms with Crippen molar-refractivity contribution in [3.63, 3.8) is 0 Å². The molecule has 2 heteroatoms. The number of hydrogen-bond acceptors (Lipinski definition) is 1. The number of nitrogens with one attached hydrogen (secondary N) is 1. The number of benzene rings is 2. The Labute approximate surface area is 97.6 Å². The van der Waals surface area contributed by atoms with Crippen LogP contribution in [0.15, 0.2) is 40.9 Å². The van der Waals surface area contributed by atoms with Crippen LogP contribution in [0.5, 0.6) is 0 Å². The van der Waals surface area contributed by atoms with Crippen LogP contribution < -0.4 is 5.32 Å². The van der Waals surface area contributed by atoms with E-state index in [9.17, 15) is 0 Å². The topological polar surface area (TPSA) is 12.0 Å². The van der Waals surface area contributed by atoms with Gasteiger partial charge in [-0.2, -0.15) is 0 Å². The van der Waals surface area contributed by atoms with Crippen LogP contribution in [0.2, 0.25) is 0 Å². The molecule has 0 heterocycles. The van der Waals surface area contributed by atoms with E-state index in [1.165, 1.54) is 29.3 Å². The zero-order valence-electron chi connectivity index (χ0n) is 8.33. The fourth-order valence-electron chi connectivity index (χ4n) is 1.77. The monoisotopic (exact) mass is 261 g/mol. The second-order valence-electron chi connectivity index (χ2n) is 4.12. The Kier molecular flexibility index (Phi) is 2.17. The van der Waals surface area contributed by atoms with Crippen molar-refractivity contribution in [3.8, 4) is 0 Å². The van der Waals surface area contributed by atoms with E-state index in [4.69, 9.17) is 0 Å². The van der Waals surface area contributed by atoms with Crippen LogP contribution in [-0.2, 0) is 0 Å². The average Bonchev–Trinajstić information content (AvgIpc) is 3.02. The Bertz CT molecular complexity index is 503. The van der Waals surface area contributed by atoms with E-state index in [2.05, 4.69) is 57.6 Å². The molecular formula is C13H12BrN. The molecule has 0 aliphatic heterocycles. The molecule has 0 aromatic heterocycles. The van der Waals surface area contributed by atoms with Gasteiger partial charge in [-0.15, -0.1) is 0 Å². The zero-order valence-corrected chi connectivity index (χ0v) is 9.92. The first-order valence-corrected chi connectivity index (χ1v) is 6.06. The molecule has 0 spiro atoms. The first kappa shape index (κ1) is 9.22. The van der Waals surface area contributed by atoms with Crippen molar-refractivity contribution in [2.45, 2.75) is 18.9 Å². The molecule has 2 aromatic carbocycles. The number of fused-ring (bicyclic) bond motifs is 1. The van der Waals surface area contributed by atoms with E-state index < -0.39 is 0 Å². The molecule has 1 saturated carbocycles. The van der Waals surface area contributed by atoms with Gasteiger partial charge in [0.15, 0.2) is 0 Å². The predicted molar refractivity (Wildman–Crippen MR) is 68.3 cm³/mol. The summed E-state index contributed by atoms with van der Waals surface area (Å²) < 4.78 is 1.14. The first-order valence-electron chi connectivity index (χ1n) is 5.27. The highest BCUT2D eigenvalue weighted by Gasteiger charge is 2.20. The van der Waals surface area contributed by atoms with Gasteiger partial charge in [-0.25, -0.2) is 0 Å². The van der Waals surface area contributed by atoms with Crippen molar-refractivity contribution in [2.75, 3.05) is 5.32 Å². The summed E-state index contributed by atoms with van der Waals surface area (Å²) >= 11 is 3.49. The van der Waals surface area contributed by atoms with E-state index in [-0.39, 0.29) is 0 Å². The largest absolute Gasteiger partial charge is 0.382 e. The van der Waals surface area contributed by atoms with Crippen LogP contribution in [0, 0.1) is 0 Å². The molecule has 15 heavy (non-hydrogen) atoms. The maximum absolute atomic E-state index is 3.51. The number of rotatable bonds is 2. The van der Waals surface area contributed by atoms with Gasteiger partial charge in [-0.3, -0.25) is 0 Å². The molecule has 0 amide bonds. The van der Waals surface area contributed by atoms with Gasteiger partial charge in [0.25, 0.3) is 0 Å². The molecular weight excluding hydrogens is 250 g/mol. The summed E-state index contributed by atoms with van der Waals surface area (Å²) in [6.45, 7) is 0. The molecule has 1 nitrogen and oxygen atoms in total. The Morgan fingerprint density at radius 3 is 2.53 bits per heavy atom. The summed E-state index contributed by atoms with van der Waals surface area (Å²) in [6, 6.07) is 13.7. The third kappa shape index (κ3) is 2.00. The lowest BCUT2D eigenvalue weighted by Crippen LogP contribution is -1.99. The molecule has 0 radical (unpaired) electrons. The second kappa shape index (κ2) is 3.53. The van der Waals surface area contributed by atoms with Gasteiger partial charge < -0.3 is 5.32 Å². The third-order valence-electron chi connectivity index (χ3n) is 2.75. The van der Waals surface area contributed by atoms with Crippen LogP contribution in [0.4, 0.5) is 5.69 Å². The average molecular weight is 262 g/mol. The Morgan fingerprint density at radius 1 is 1.00 bits per heavy atom. The molecule has 1 fully saturated rings. The summed E-state index contributed by atoms with van der Waals surface area (Å²) in [5.41, 5.74) is 1.24. The van der Waals surface area contributed by atoms with Crippen molar-refractivity contribution >= 4 is 32.4 Å². The van der Waals surface area contributed by atoms with E-state index >= 15 is 0 Å². The van der Waals surface area contributed by atoms with Crippen molar-refractivity contribution in [2.24, 2.45) is 0 Å². The summed E-state index contributed by atoms with van der Waals surface area (Å²) in [7, 11) is 0. The molecule has 0 saturated heterocycles. The number of halogens is 1. The summed E-state index contributed by atoms with van der Waals surface area (Å²) in [5.74, 6) is 0. The fraction of sp³-hybridized carbons (Fsp3) is 0.231. The van der Waals surface area contributed by atoms with Crippen molar-refractivity contribution in [3.05, 3.63) is 40.9 Å². The molecule has 1 aliphatic carbocycles. The molecule has 1 aliphatic rings. The maximum Gasteiger partial charge on any atom is 0.0348 e. The van der Waals surface area contributed by atoms with Crippen LogP contribution in [0.3, 0.4) is 0 Å². The Hall–Kier alpha value is -1.02. The van der Waals surface area contributed by atoms with E-state index in [1.54, 1.807) is 0 Å². The van der Waals surface area contributed by atoms with Crippen molar-refractivity contribution < 1.29 is 0 Å². The van der Waals surface area contributed by atoms with Gasteiger partial charge in [0.2, 0.25) is 0 Å². The maximum atomic E-state index is 3.51. The second-order valence-corrected chi connectivity index (χ2v) is 5.04. The molecule has 3 rings (SSSR count).